The number of carbonyl (C=O) groups is 1. The highest BCUT2D eigenvalue weighted by Crippen LogP contribution is 2.41. The van der Waals surface area contributed by atoms with E-state index in [0.717, 1.165) is 5.56 Å². The van der Waals surface area contributed by atoms with E-state index in [1.807, 2.05) is 44.2 Å². The summed E-state index contributed by atoms with van der Waals surface area (Å²) in [5, 5.41) is 10.1. The van der Waals surface area contributed by atoms with Crippen LogP contribution in [0.25, 0.3) is 0 Å². The smallest absolute Gasteiger partial charge is 0.311 e. The van der Waals surface area contributed by atoms with E-state index in [0.29, 0.717) is 30.8 Å². The molecule has 0 spiro atoms. The molecule has 0 aliphatic rings. The second kappa shape index (κ2) is 10.1. The van der Waals surface area contributed by atoms with Gasteiger partial charge in [-0.15, -0.1) is 6.58 Å². The molecule has 28 heavy (non-hydrogen) atoms. The highest BCUT2D eigenvalue weighted by atomic mass is 16.5. The molecule has 0 amide bonds. The molecule has 2 aromatic carbocycles. The maximum atomic E-state index is 12.3. The van der Waals surface area contributed by atoms with E-state index in [2.05, 4.69) is 6.58 Å². The van der Waals surface area contributed by atoms with Crippen molar-refractivity contribution in [1.29, 1.82) is 0 Å². The highest BCUT2D eigenvalue weighted by molar-refractivity contribution is 5.77. The molecule has 1 N–H and O–H groups in total. The molecule has 0 bridgehead atoms. The molecule has 0 aliphatic carbocycles. The number of methoxy groups -OCH3 is 1. The van der Waals surface area contributed by atoms with Gasteiger partial charge in [0, 0.05) is 5.92 Å². The Kier molecular flexibility index (Phi) is 7.82. The van der Waals surface area contributed by atoms with Gasteiger partial charge in [0.2, 0.25) is 0 Å². The fourth-order valence-corrected chi connectivity index (χ4v) is 3.79. The Morgan fingerprint density at radius 3 is 2.18 bits per heavy atom. The summed E-state index contributed by atoms with van der Waals surface area (Å²) in [7, 11) is 1.59. The van der Waals surface area contributed by atoms with Gasteiger partial charge in [-0.05, 0) is 36.1 Å². The van der Waals surface area contributed by atoms with Crippen molar-refractivity contribution in [2.45, 2.75) is 44.8 Å². The quantitative estimate of drug-likeness (QED) is 0.526. The molecule has 0 unspecified atom stereocenters. The second-order valence-corrected chi connectivity index (χ2v) is 6.90. The molecule has 0 fully saturated rings. The standard InChI is InChI=1S/C24H30O4/c1-5-21(22(23(25)26)19-13-15-20(27-4)16-14-19)24(6-2,7-3)28-17-18-11-9-8-10-12-18/h5,8-16,21-22H,1,6-7,17H2,2-4H3,(H,25,26)/t21-,22-/m1/s1. The Bertz CT molecular complexity index is 748. The second-order valence-electron chi connectivity index (χ2n) is 6.90. The minimum absolute atomic E-state index is 0.378. The lowest BCUT2D eigenvalue weighted by molar-refractivity contribution is -0.147. The third-order valence-corrected chi connectivity index (χ3v) is 5.53. The average Bonchev–Trinajstić information content (AvgIpc) is 2.74. The normalized spacial score (nSPS) is 13.5. The zero-order valence-electron chi connectivity index (χ0n) is 16.9. The van der Waals surface area contributed by atoms with Crippen LogP contribution in [0.15, 0.2) is 67.3 Å². The molecule has 0 aromatic heterocycles. The first-order valence-electron chi connectivity index (χ1n) is 9.68. The zero-order valence-corrected chi connectivity index (χ0v) is 16.9. The van der Waals surface area contributed by atoms with Crippen LogP contribution in [-0.2, 0) is 16.1 Å². The SMILES string of the molecule is C=C[C@H]([C@H](C(=O)O)c1ccc(OC)cc1)C(CC)(CC)OCc1ccccc1. The monoisotopic (exact) mass is 382 g/mol. The van der Waals surface area contributed by atoms with Gasteiger partial charge in [-0.1, -0.05) is 62.4 Å². The number of aliphatic carboxylic acids is 1. The molecule has 0 radical (unpaired) electrons. The van der Waals surface area contributed by atoms with Gasteiger partial charge in [-0.25, -0.2) is 0 Å². The van der Waals surface area contributed by atoms with Gasteiger partial charge in [0.15, 0.2) is 0 Å². The van der Waals surface area contributed by atoms with Crippen LogP contribution in [0.4, 0.5) is 0 Å². The van der Waals surface area contributed by atoms with Gasteiger partial charge >= 0.3 is 5.97 Å². The Morgan fingerprint density at radius 2 is 1.71 bits per heavy atom. The summed E-state index contributed by atoms with van der Waals surface area (Å²) in [4.78, 5) is 12.3. The lowest BCUT2D eigenvalue weighted by atomic mass is 9.72. The molecule has 2 rings (SSSR count). The minimum Gasteiger partial charge on any atom is -0.497 e. The third kappa shape index (κ3) is 4.82. The maximum Gasteiger partial charge on any atom is 0.311 e. The van der Waals surface area contributed by atoms with Crippen molar-refractivity contribution in [3.05, 3.63) is 78.4 Å². The van der Waals surface area contributed by atoms with Crippen LogP contribution >= 0.6 is 0 Å². The molecule has 0 heterocycles. The molecule has 4 nitrogen and oxygen atoms in total. The van der Waals surface area contributed by atoms with E-state index in [1.54, 1.807) is 37.5 Å². The number of benzene rings is 2. The third-order valence-electron chi connectivity index (χ3n) is 5.53. The lowest BCUT2D eigenvalue weighted by Gasteiger charge is -2.41. The molecular weight excluding hydrogens is 352 g/mol. The summed E-state index contributed by atoms with van der Waals surface area (Å²) in [6.45, 7) is 8.48. The van der Waals surface area contributed by atoms with Gasteiger partial charge in [-0.3, -0.25) is 4.79 Å². The Balaban J connectivity index is 2.38. The van der Waals surface area contributed by atoms with Gasteiger partial charge in [0.25, 0.3) is 0 Å². The summed E-state index contributed by atoms with van der Waals surface area (Å²) in [5.74, 6) is -1.32. The summed E-state index contributed by atoms with van der Waals surface area (Å²) in [6.07, 6.45) is 3.11. The molecule has 0 aliphatic heterocycles. The fourth-order valence-electron chi connectivity index (χ4n) is 3.79. The Labute approximate surface area is 167 Å². The number of carboxylic acid groups (broad SMARTS) is 1. The Hall–Kier alpha value is -2.59. The van der Waals surface area contributed by atoms with Crippen LogP contribution < -0.4 is 4.74 Å². The lowest BCUT2D eigenvalue weighted by Crippen LogP contribution is -2.43. The molecule has 0 saturated heterocycles. The van der Waals surface area contributed by atoms with Crippen molar-refractivity contribution in [3.8, 4) is 5.75 Å². The van der Waals surface area contributed by atoms with Crippen molar-refractivity contribution in [3.63, 3.8) is 0 Å². The predicted molar refractivity (Wildman–Crippen MR) is 112 cm³/mol. The largest absolute Gasteiger partial charge is 0.497 e. The highest BCUT2D eigenvalue weighted by Gasteiger charge is 2.43. The minimum atomic E-state index is -0.885. The number of hydrogen-bond donors (Lipinski definition) is 1. The zero-order chi connectivity index (χ0) is 20.6. The van der Waals surface area contributed by atoms with Crippen molar-refractivity contribution >= 4 is 5.97 Å². The van der Waals surface area contributed by atoms with Crippen LogP contribution in [0, 0.1) is 5.92 Å². The summed E-state index contributed by atoms with van der Waals surface area (Å²) in [5.41, 5.74) is 1.15. The first-order chi connectivity index (χ1) is 13.5. The van der Waals surface area contributed by atoms with Gasteiger partial charge in [-0.2, -0.15) is 0 Å². The van der Waals surface area contributed by atoms with E-state index < -0.39 is 17.5 Å². The topological polar surface area (TPSA) is 55.8 Å². The van der Waals surface area contributed by atoms with E-state index in [9.17, 15) is 9.90 Å². The first-order valence-corrected chi connectivity index (χ1v) is 9.68. The first kappa shape index (κ1) is 21.7. The van der Waals surface area contributed by atoms with Gasteiger partial charge in [0.05, 0.1) is 25.2 Å². The van der Waals surface area contributed by atoms with Crippen LogP contribution in [0.5, 0.6) is 5.75 Å². The van der Waals surface area contributed by atoms with Crippen LogP contribution in [0.2, 0.25) is 0 Å². The number of carboxylic acids is 1. The van der Waals surface area contributed by atoms with Gasteiger partial charge < -0.3 is 14.6 Å². The molecular formula is C24H30O4. The number of ether oxygens (including phenoxy) is 2. The molecule has 2 aromatic rings. The molecule has 2 atom stereocenters. The summed E-state index contributed by atoms with van der Waals surface area (Å²) < 4.78 is 11.6. The van der Waals surface area contributed by atoms with Crippen LogP contribution in [0.1, 0.15) is 43.7 Å². The average molecular weight is 383 g/mol. The maximum absolute atomic E-state index is 12.3. The van der Waals surface area contributed by atoms with Crippen molar-refractivity contribution < 1.29 is 19.4 Å². The fraction of sp³-hybridized carbons (Fsp3) is 0.375. The van der Waals surface area contributed by atoms with Gasteiger partial charge in [0.1, 0.15) is 5.75 Å². The van der Waals surface area contributed by atoms with E-state index in [1.165, 1.54) is 0 Å². The molecule has 150 valence electrons. The van der Waals surface area contributed by atoms with Crippen LogP contribution in [-0.4, -0.2) is 23.8 Å². The number of hydrogen-bond acceptors (Lipinski definition) is 3. The molecule has 4 heteroatoms. The predicted octanol–water partition coefficient (Wildman–Crippen LogP) is 5.44. The molecule has 0 saturated carbocycles. The van der Waals surface area contributed by atoms with E-state index >= 15 is 0 Å². The van der Waals surface area contributed by atoms with Crippen molar-refractivity contribution in [2.75, 3.05) is 7.11 Å². The Morgan fingerprint density at radius 1 is 1.11 bits per heavy atom. The van der Waals surface area contributed by atoms with Crippen molar-refractivity contribution in [1.82, 2.24) is 0 Å². The summed E-state index contributed by atoms with van der Waals surface area (Å²) >= 11 is 0. The van der Waals surface area contributed by atoms with Crippen molar-refractivity contribution in [2.24, 2.45) is 5.92 Å². The summed E-state index contributed by atoms with van der Waals surface area (Å²) in [6, 6.07) is 17.1. The van der Waals surface area contributed by atoms with E-state index in [4.69, 9.17) is 9.47 Å². The van der Waals surface area contributed by atoms with Crippen LogP contribution in [0.3, 0.4) is 0 Å². The van der Waals surface area contributed by atoms with E-state index in [-0.39, 0.29) is 5.92 Å². The number of rotatable bonds is 11.